The second kappa shape index (κ2) is 6.41. The Balaban J connectivity index is 1.90. The van der Waals surface area contributed by atoms with Gasteiger partial charge in [-0.15, -0.1) is 0 Å². The van der Waals surface area contributed by atoms with Gasteiger partial charge in [-0.25, -0.2) is 9.07 Å². The second-order valence-electron chi connectivity index (χ2n) is 5.79. The molecule has 0 amide bonds. The fraction of sp³-hybridized carbons (Fsp3) is 0.211. The summed E-state index contributed by atoms with van der Waals surface area (Å²) in [5.41, 5.74) is 3.45. The minimum atomic E-state index is -0.357. The van der Waals surface area contributed by atoms with Crippen molar-refractivity contribution in [1.29, 1.82) is 0 Å². The summed E-state index contributed by atoms with van der Waals surface area (Å²) < 4.78 is 21.0. The molecular formula is C19H17ClFN3O. The molecule has 4 rings (SSSR count). The van der Waals surface area contributed by atoms with Gasteiger partial charge in [0.05, 0.1) is 17.3 Å². The van der Waals surface area contributed by atoms with Crippen molar-refractivity contribution in [3.63, 3.8) is 0 Å². The zero-order valence-corrected chi connectivity index (χ0v) is 14.5. The second-order valence-corrected chi connectivity index (χ2v) is 6.20. The number of halogens is 2. The lowest BCUT2D eigenvalue weighted by molar-refractivity contribution is 0.338. The Morgan fingerprint density at radius 2 is 2.12 bits per heavy atom. The first-order chi connectivity index (χ1) is 12.2. The quantitative estimate of drug-likeness (QED) is 0.735. The van der Waals surface area contributed by atoms with Crippen LogP contribution in [0.1, 0.15) is 12.5 Å². The van der Waals surface area contributed by atoms with Crippen molar-refractivity contribution in [3.05, 3.63) is 58.9 Å². The highest BCUT2D eigenvalue weighted by atomic mass is 35.5. The molecule has 25 heavy (non-hydrogen) atoms. The minimum absolute atomic E-state index is 0.357. The van der Waals surface area contributed by atoms with Crippen LogP contribution in [0.2, 0.25) is 5.02 Å². The van der Waals surface area contributed by atoms with Crippen LogP contribution in [0.25, 0.3) is 16.9 Å². The number of hydrogen-bond acceptors (Lipinski definition) is 3. The molecule has 2 aromatic carbocycles. The Bertz CT molecular complexity index is 938. The Morgan fingerprint density at radius 3 is 2.92 bits per heavy atom. The first kappa shape index (κ1) is 16.0. The average molecular weight is 358 g/mol. The highest BCUT2D eigenvalue weighted by Crippen LogP contribution is 2.39. The maximum Gasteiger partial charge on any atom is 0.145 e. The average Bonchev–Trinajstić information content (AvgIpc) is 3.19. The SMILES string of the molecule is CCOc1ccccc1-n1nc(-c2ccc(F)cc2Cl)c2c1NCC2. The molecule has 0 atom stereocenters. The van der Waals surface area contributed by atoms with E-state index in [1.165, 1.54) is 12.1 Å². The zero-order chi connectivity index (χ0) is 17.4. The van der Waals surface area contributed by atoms with Crippen LogP contribution in [0.5, 0.6) is 5.75 Å². The molecule has 0 spiro atoms. The molecule has 0 unspecified atom stereocenters. The van der Waals surface area contributed by atoms with E-state index in [1.54, 1.807) is 6.07 Å². The number of ether oxygens (including phenoxy) is 1. The van der Waals surface area contributed by atoms with E-state index in [2.05, 4.69) is 5.32 Å². The van der Waals surface area contributed by atoms with Gasteiger partial charge >= 0.3 is 0 Å². The number of anilines is 1. The van der Waals surface area contributed by atoms with Gasteiger partial charge in [-0.05, 0) is 43.7 Å². The molecule has 0 saturated carbocycles. The number of rotatable bonds is 4. The first-order valence-corrected chi connectivity index (χ1v) is 8.60. The van der Waals surface area contributed by atoms with Crippen molar-refractivity contribution >= 4 is 17.4 Å². The van der Waals surface area contributed by atoms with Crippen LogP contribution in [0.3, 0.4) is 0 Å². The normalized spacial score (nSPS) is 12.8. The maximum absolute atomic E-state index is 13.4. The van der Waals surface area contributed by atoms with Crippen molar-refractivity contribution in [2.45, 2.75) is 13.3 Å². The highest BCUT2D eigenvalue weighted by molar-refractivity contribution is 6.33. The number of fused-ring (bicyclic) bond motifs is 1. The zero-order valence-electron chi connectivity index (χ0n) is 13.7. The Morgan fingerprint density at radius 1 is 1.28 bits per heavy atom. The van der Waals surface area contributed by atoms with Crippen molar-refractivity contribution in [1.82, 2.24) is 9.78 Å². The molecule has 1 aliphatic rings. The lowest BCUT2D eigenvalue weighted by atomic mass is 10.1. The molecule has 0 saturated heterocycles. The number of para-hydroxylation sites is 2. The van der Waals surface area contributed by atoms with Gasteiger partial charge in [-0.3, -0.25) is 0 Å². The van der Waals surface area contributed by atoms with Gasteiger partial charge in [0, 0.05) is 17.7 Å². The largest absolute Gasteiger partial charge is 0.492 e. The van der Waals surface area contributed by atoms with Gasteiger partial charge < -0.3 is 10.1 Å². The van der Waals surface area contributed by atoms with Crippen LogP contribution in [-0.2, 0) is 6.42 Å². The topological polar surface area (TPSA) is 39.1 Å². The summed E-state index contributed by atoms with van der Waals surface area (Å²) >= 11 is 6.27. The molecule has 1 N–H and O–H groups in total. The van der Waals surface area contributed by atoms with Crippen molar-refractivity contribution in [2.75, 3.05) is 18.5 Å². The van der Waals surface area contributed by atoms with Gasteiger partial charge in [0.1, 0.15) is 23.1 Å². The fourth-order valence-corrected chi connectivity index (χ4v) is 3.41. The highest BCUT2D eigenvalue weighted by Gasteiger charge is 2.26. The number of nitrogens with one attached hydrogen (secondary N) is 1. The number of aromatic nitrogens is 2. The molecule has 0 radical (unpaired) electrons. The summed E-state index contributed by atoms with van der Waals surface area (Å²) in [6.45, 7) is 3.35. The number of hydrogen-bond donors (Lipinski definition) is 1. The van der Waals surface area contributed by atoms with Gasteiger partial charge in [0.2, 0.25) is 0 Å². The molecule has 6 heteroatoms. The Kier molecular flexibility index (Phi) is 4.09. The van der Waals surface area contributed by atoms with Crippen LogP contribution >= 0.6 is 11.6 Å². The summed E-state index contributed by atoms with van der Waals surface area (Å²) in [6, 6.07) is 12.2. The number of benzene rings is 2. The lowest BCUT2D eigenvalue weighted by Crippen LogP contribution is -2.06. The van der Waals surface area contributed by atoms with Gasteiger partial charge in [-0.1, -0.05) is 23.7 Å². The minimum Gasteiger partial charge on any atom is -0.492 e. The van der Waals surface area contributed by atoms with E-state index < -0.39 is 0 Å². The molecule has 2 heterocycles. The molecule has 0 fully saturated rings. The van der Waals surface area contributed by atoms with E-state index in [-0.39, 0.29) is 5.82 Å². The molecule has 0 bridgehead atoms. The van der Waals surface area contributed by atoms with Crippen LogP contribution in [0.15, 0.2) is 42.5 Å². The molecule has 1 aromatic heterocycles. The van der Waals surface area contributed by atoms with Crippen LogP contribution in [0, 0.1) is 5.82 Å². The smallest absolute Gasteiger partial charge is 0.145 e. The van der Waals surface area contributed by atoms with Crippen LogP contribution in [-0.4, -0.2) is 22.9 Å². The van der Waals surface area contributed by atoms with Crippen LogP contribution < -0.4 is 10.1 Å². The summed E-state index contributed by atoms with van der Waals surface area (Å²) in [5.74, 6) is 1.34. The maximum atomic E-state index is 13.4. The third-order valence-corrected chi connectivity index (χ3v) is 4.54. The monoisotopic (exact) mass is 357 g/mol. The summed E-state index contributed by atoms with van der Waals surface area (Å²) in [7, 11) is 0. The molecular weight excluding hydrogens is 341 g/mol. The van der Waals surface area contributed by atoms with E-state index >= 15 is 0 Å². The first-order valence-electron chi connectivity index (χ1n) is 8.22. The third kappa shape index (κ3) is 2.74. The fourth-order valence-electron chi connectivity index (χ4n) is 3.16. The van der Waals surface area contributed by atoms with Crippen LogP contribution in [0.4, 0.5) is 10.2 Å². The molecule has 4 nitrogen and oxygen atoms in total. The lowest BCUT2D eigenvalue weighted by Gasteiger charge is -2.12. The van der Waals surface area contributed by atoms with Crippen molar-refractivity contribution in [3.8, 4) is 22.7 Å². The molecule has 128 valence electrons. The van der Waals surface area contributed by atoms with Crippen molar-refractivity contribution in [2.24, 2.45) is 0 Å². The van der Waals surface area contributed by atoms with Crippen molar-refractivity contribution < 1.29 is 9.13 Å². The predicted octanol–water partition coefficient (Wildman–Crippen LogP) is 4.70. The van der Waals surface area contributed by atoms with E-state index in [0.29, 0.717) is 11.6 Å². The Labute approximate surface area is 150 Å². The summed E-state index contributed by atoms with van der Waals surface area (Å²) in [5, 5.41) is 8.52. The van der Waals surface area contributed by atoms with E-state index in [4.69, 9.17) is 21.4 Å². The van der Waals surface area contributed by atoms with Gasteiger partial charge in [-0.2, -0.15) is 5.10 Å². The molecule has 0 aliphatic carbocycles. The standard InChI is InChI=1S/C19H17ClFN3O/c1-2-25-17-6-4-3-5-16(17)24-19-14(9-10-22-19)18(23-24)13-8-7-12(21)11-15(13)20/h3-8,11,22H,2,9-10H2,1H3. The van der Waals surface area contributed by atoms with E-state index in [1.807, 2.05) is 35.9 Å². The third-order valence-electron chi connectivity index (χ3n) is 4.23. The van der Waals surface area contributed by atoms with E-state index in [9.17, 15) is 4.39 Å². The summed E-state index contributed by atoms with van der Waals surface area (Å²) in [4.78, 5) is 0. The van der Waals surface area contributed by atoms with Gasteiger partial charge in [0.15, 0.2) is 0 Å². The van der Waals surface area contributed by atoms with E-state index in [0.717, 1.165) is 47.0 Å². The number of nitrogens with zero attached hydrogens (tertiary/aromatic N) is 2. The summed E-state index contributed by atoms with van der Waals surface area (Å²) in [6.07, 6.45) is 0.842. The molecule has 3 aromatic rings. The van der Waals surface area contributed by atoms with Gasteiger partial charge in [0.25, 0.3) is 0 Å². The molecule has 1 aliphatic heterocycles. The Hall–Kier alpha value is -2.53. The predicted molar refractivity (Wildman–Crippen MR) is 97.3 cm³/mol.